The fraction of sp³-hybridized carbons (Fsp3) is 0.667. The molecular weight excluding hydrogens is 137 g/mol. The van der Waals surface area contributed by atoms with Crippen molar-refractivity contribution in [2.75, 3.05) is 0 Å². The molecule has 0 atom stereocenters. The summed E-state index contributed by atoms with van der Waals surface area (Å²) < 4.78 is 0. The van der Waals surface area contributed by atoms with Crippen LogP contribution >= 0.6 is 0 Å². The van der Waals surface area contributed by atoms with Gasteiger partial charge in [0.05, 0.1) is 0 Å². The van der Waals surface area contributed by atoms with Crippen molar-refractivity contribution in [3.05, 3.63) is 12.2 Å². The number of allylic oxidation sites excluding steroid dienone is 2. The van der Waals surface area contributed by atoms with Crippen LogP contribution in [0.25, 0.3) is 0 Å². The molecule has 0 bridgehead atoms. The number of hydrogen-bond acceptors (Lipinski definition) is 0. The average molecular weight is 147 g/mol. The largest absolute Gasteiger partial charge is 0.501 e. The van der Waals surface area contributed by atoms with E-state index in [4.69, 9.17) is 0 Å². The fourth-order valence-electron chi connectivity index (χ4n) is 0.678. The minimum Gasteiger partial charge on any atom is -0.501 e. The van der Waals surface area contributed by atoms with Crippen LogP contribution in [0.3, 0.4) is 0 Å². The summed E-state index contributed by atoms with van der Waals surface area (Å²) in [5, 5.41) is 0. The van der Waals surface area contributed by atoms with Crippen LogP contribution in [-0.2, 0) is 19.5 Å². The molecule has 1 aliphatic rings. The Labute approximate surface area is 57.8 Å². The molecule has 0 nitrogen and oxygen atoms in total. The van der Waals surface area contributed by atoms with Crippen molar-refractivity contribution < 1.29 is 19.5 Å². The van der Waals surface area contributed by atoms with E-state index in [1.54, 1.807) is 0 Å². The van der Waals surface area contributed by atoms with E-state index in [1.165, 1.54) is 25.7 Å². The van der Waals surface area contributed by atoms with Gasteiger partial charge in [-0.25, -0.2) is 0 Å². The predicted octanol–water partition coefficient (Wildman–Crippen LogP) is 1.92. The normalized spacial score (nSPS) is 18.3. The molecule has 0 radical (unpaired) electrons. The molecule has 7 heavy (non-hydrogen) atoms. The molecule has 1 heteroatoms. The van der Waals surface area contributed by atoms with E-state index in [0.717, 1.165) is 0 Å². The van der Waals surface area contributed by atoms with Gasteiger partial charge in [0, 0.05) is 19.5 Å². The van der Waals surface area contributed by atoms with Crippen molar-refractivity contribution in [2.45, 2.75) is 25.7 Å². The van der Waals surface area contributed by atoms with Crippen LogP contribution in [0.5, 0.6) is 0 Å². The molecule has 0 aromatic heterocycles. The van der Waals surface area contributed by atoms with E-state index in [2.05, 4.69) is 12.2 Å². The van der Waals surface area contributed by atoms with Crippen molar-refractivity contribution in [2.24, 2.45) is 0 Å². The van der Waals surface area contributed by atoms with E-state index in [1.807, 2.05) is 0 Å². The van der Waals surface area contributed by atoms with Crippen LogP contribution < -0.4 is 0 Å². The van der Waals surface area contributed by atoms with Crippen molar-refractivity contribution >= 4 is 0 Å². The van der Waals surface area contributed by atoms with Crippen molar-refractivity contribution in [1.29, 1.82) is 0 Å². The third kappa shape index (κ3) is 2.99. The van der Waals surface area contributed by atoms with Gasteiger partial charge in [-0.3, -0.25) is 6.08 Å². The molecule has 0 saturated heterocycles. The van der Waals surface area contributed by atoms with Crippen LogP contribution in [0.2, 0.25) is 0 Å². The van der Waals surface area contributed by atoms with E-state index >= 15 is 0 Å². The number of rotatable bonds is 0. The van der Waals surface area contributed by atoms with Gasteiger partial charge in [0.15, 0.2) is 0 Å². The van der Waals surface area contributed by atoms with Gasteiger partial charge in [0.25, 0.3) is 0 Å². The van der Waals surface area contributed by atoms with Gasteiger partial charge in [-0.1, -0.05) is 19.3 Å². The zero-order valence-corrected chi connectivity index (χ0v) is 7.58. The van der Waals surface area contributed by atoms with Crippen molar-refractivity contribution in [1.82, 2.24) is 0 Å². The van der Waals surface area contributed by atoms with Crippen LogP contribution in [0.4, 0.5) is 0 Å². The van der Waals surface area contributed by atoms with E-state index in [9.17, 15) is 0 Å². The second-order valence-corrected chi connectivity index (χ2v) is 1.65. The van der Waals surface area contributed by atoms with Gasteiger partial charge >= 0.3 is 0 Å². The van der Waals surface area contributed by atoms with E-state index in [-0.39, 0.29) is 19.5 Å². The fourth-order valence-corrected chi connectivity index (χ4v) is 0.678. The molecule has 0 fully saturated rings. The first-order chi connectivity index (χ1) is 3.00. The molecule has 0 aliphatic heterocycles. The third-order valence-electron chi connectivity index (χ3n) is 1.06. The summed E-state index contributed by atoms with van der Waals surface area (Å²) in [4.78, 5) is 0. The molecule has 0 aromatic rings. The molecular formula is C6H9Zn-. The Balaban J connectivity index is 0.000000360. The third-order valence-corrected chi connectivity index (χ3v) is 1.06. The zero-order chi connectivity index (χ0) is 4.24. The first-order valence-corrected chi connectivity index (χ1v) is 2.55. The molecule has 1 rings (SSSR count). The molecule has 0 spiro atoms. The quantitative estimate of drug-likeness (QED) is 0.362. The summed E-state index contributed by atoms with van der Waals surface area (Å²) >= 11 is 0. The Morgan fingerprint density at radius 2 is 2.14 bits per heavy atom. The number of hydrogen-bond donors (Lipinski definition) is 0. The topological polar surface area (TPSA) is 0 Å². The maximum atomic E-state index is 3.16. The second kappa shape index (κ2) is 4.52. The Morgan fingerprint density at radius 1 is 1.29 bits per heavy atom. The van der Waals surface area contributed by atoms with Crippen molar-refractivity contribution in [3.63, 3.8) is 0 Å². The zero-order valence-electron chi connectivity index (χ0n) is 4.61. The summed E-state index contributed by atoms with van der Waals surface area (Å²) in [5.41, 5.74) is 0. The summed E-state index contributed by atoms with van der Waals surface area (Å²) in [7, 11) is 0. The predicted molar refractivity (Wildman–Crippen MR) is 26.3 cm³/mol. The molecule has 0 unspecified atom stereocenters. The van der Waals surface area contributed by atoms with Gasteiger partial charge in [-0.15, -0.1) is 0 Å². The molecule has 0 aromatic carbocycles. The minimum atomic E-state index is 0. The van der Waals surface area contributed by atoms with Crippen molar-refractivity contribution in [3.8, 4) is 0 Å². The van der Waals surface area contributed by atoms with Crippen LogP contribution in [0, 0.1) is 6.08 Å². The molecule has 0 amide bonds. The van der Waals surface area contributed by atoms with Gasteiger partial charge < -0.3 is 6.08 Å². The summed E-state index contributed by atoms with van der Waals surface area (Å²) in [5.74, 6) is 0. The summed E-state index contributed by atoms with van der Waals surface area (Å²) in [6.07, 6.45) is 10.5. The van der Waals surface area contributed by atoms with Gasteiger partial charge in [-0.2, -0.15) is 6.42 Å². The molecule has 1 aliphatic carbocycles. The molecule has 0 N–H and O–H groups in total. The minimum absolute atomic E-state index is 0. The Morgan fingerprint density at radius 3 is 2.29 bits per heavy atom. The molecule has 36 valence electrons. The SMILES string of the molecule is [C-]1=CCCCC1.[Zn]. The molecule has 0 saturated carbocycles. The van der Waals surface area contributed by atoms with Crippen LogP contribution in [0.1, 0.15) is 25.7 Å². The maximum absolute atomic E-state index is 3.16. The Hall–Kier alpha value is 0.363. The standard InChI is InChI=1S/C6H9.Zn/c1-2-4-6-5-3-1;/h1H,2,4-6H2;/q-1;. The summed E-state index contributed by atoms with van der Waals surface area (Å²) in [6, 6.07) is 0. The van der Waals surface area contributed by atoms with Gasteiger partial charge in [0.2, 0.25) is 0 Å². The average Bonchev–Trinajstić information content (AvgIpc) is 1.72. The van der Waals surface area contributed by atoms with Crippen LogP contribution in [0.15, 0.2) is 6.08 Å². The summed E-state index contributed by atoms with van der Waals surface area (Å²) in [6.45, 7) is 0. The Bertz CT molecular complexity index is 49.2. The first kappa shape index (κ1) is 7.36. The van der Waals surface area contributed by atoms with Gasteiger partial charge in [-0.05, 0) is 0 Å². The maximum Gasteiger partial charge on any atom is 0 e. The second-order valence-electron chi connectivity index (χ2n) is 1.65. The Kier molecular flexibility index (Phi) is 4.76. The van der Waals surface area contributed by atoms with Gasteiger partial charge in [0.1, 0.15) is 0 Å². The smallest absolute Gasteiger partial charge is 0 e. The molecule has 0 heterocycles. The van der Waals surface area contributed by atoms with E-state index in [0.29, 0.717) is 0 Å². The van der Waals surface area contributed by atoms with E-state index < -0.39 is 0 Å². The van der Waals surface area contributed by atoms with Crippen LogP contribution in [-0.4, -0.2) is 0 Å². The first-order valence-electron chi connectivity index (χ1n) is 2.55. The monoisotopic (exact) mass is 145 g/mol.